The minimum atomic E-state index is -0.325. The lowest BCUT2D eigenvalue weighted by Gasteiger charge is -2.31. The zero-order valence-electron chi connectivity index (χ0n) is 15.3. The number of hydrogen-bond donors (Lipinski definition) is 3. The second kappa shape index (κ2) is 8.21. The molecule has 1 aromatic carbocycles. The third-order valence-electron chi connectivity index (χ3n) is 5.33. The van der Waals surface area contributed by atoms with Crippen molar-refractivity contribution in [2.45, 2.75) is 31.1 Å². The third-order valence-corrected chi connectivity index (χ3v) is 5.33. The first-order chi connectivity index (χ1) is 12.6. The molecule has 7 nitrogen and oxygen atoms in total. The highest BCUT2D eigenvalue weighted by atomic mass is 16.2. The van der Waals surface area contributed by atoms with Crippen molar-refractivity contribution in [3.63, 3.8) is 0 Å². The van der Waals surface area contributed by atoms with Crippen molar-refractivity contribution in [3.8, 4) is 0 Å². The number of nitrogens with one attached hydrogen (secondary N) is 3. The van der Waals surface area contributed by atoms with E-state index in [0.717, 1.165) is 6.54 Å². The summed E-state index contributed by atoms with van der Waals surface area (Å²) in [7, 11) is 1.73. The molecule has 7 heteroatoms. The second-order valence-electron chi connectivity index (χ2n) is 6.91. The fourth-order valence-electron chi connectivity index (χ4n) is 3.85. The van der Waals surface area contributed by atoms with Crippen molar-refractivity contribution < 1.29 is 9.59 Å². The Bertz CT molecular complexity index is 652. The van der Waals surface area contributed by atoms with Crippen molar-refractivity contribution in [2.75, 3.05) is 33.2 Å². The van der Waals surface area contributed by atoms with Crippen LogP contribution in [0.3, 0.4) is 0 Å². The maximum Gasteiger partial charge on any atom is 0.324 e. The van der Waals surface area contributed by atoms with Crippen LogP contribution < -0.4 is 16.0 Å². The maximum atomic E-state index is 11.6. The highest BCUT2D eigenvalue weighted by molar-refractivity contribution is 6.01. The van der Waals surface area contributed by atoms with Crippen LogP contribution in [0.4, 0.5) is 4.79 Å². The van der Waals surface area contributed by atoms with Gasteiger partial charge < -0.3 is 16.0 Å². The number of guanidine groups is 1. The second-order valence-corrected chi connectivity index (χ2v) is 6.91. The molecule has 1 aromatic rings. The highest BCUT2D eigenvalue weighted by Crippen LogP contribution is 2.40. The van der Waals surface area contributed by atoms with Crippen LogP contribution in [-0.4, -0.2) is 56.0 Å². The van der Waals surface area contributed by atoms with Crippen LogP contribution in [0, 0.1) is 0 Å². The van der Waals surface area contributed by atoms with Gasteiger partial charge in [0.05, 0.1) is 6.54 Å². The number of carbonyl (C=O) groups excluding carboxylic acids is 2. The van der Waals surface area contributed by atoms with E-state index < -0.39 is 0 Å². The number of urea groups is 1. The van der Waals surface area contributed by atoms with E-state index in [4.69, 9.17) is 0 Å². The average Bonchev–Trinajstić information content (AvgIpc) is 3.27. The van der Waals surface area contributed by atoms with Gasteiger partial charge in [-0.3, -0.25) is 14.7 Å². The van der Waals surface area contributed by atoms with Gasteiger partial charge in [-0.1, -0.05) is 43.2 Å². The minimum absolute atomic E-state index is 0.0887. The molecule has 0 spiro atoms. The summed E-state index contributed by atoms with van der Waals surface area (Å²) in [5, 5.41) is 9.15. The Kier molecular flexibility index (Phi) is 5.75. The summed E-state index contributed by atoms with van der Waals surface area (Å²) in [6.45, 7) is 1.71. The smallest absolute Gasteiger partial charge is 0.324 e. The zero-order valence-corrected chi connectivity index (χ0v) is 15.3. The molecular formula is C19H27N5O2. The Balaban J connectivity index is 1.53. The van der Waals surface area contributed by atoms with Gasteiger partial charge in [0, 0.05) is 32.1 Å². The Morgan fingerprint density at radius 3 is 2.54 bits per heavy atom. The zero-order chi connectivity index (χ0) is 18.4. The number of aliphatic imine (C=N–C) groups is 1. The van der Waals surface area contributed by atoms with Crippen LogP contribution >= 0.6 is 0 Å². The quantitative estimate of drug-likeness (QED) is 0.406. The summed E-state index contributed by atoms with van der Waals surface area (Å²) < 4.78 is 0. The first-order valence-corrected chi connectivity index (χ1v) is 9.23. The number of benzene rings is 1. The molecule has 0 bridgehead atoms. The first kappa shape index (κ1) is 18.2. The molecule has 0 atom stereocenters. The van der Waals surface area contributed by atoms with Crippen molar-refractivity contribution >= 4 is 17.9 Å². The van der Waals surface area contributed by atoms with Crippen LogP contribution in [0.1, 0.15) is 31.2 Å². The van der Waals surface area contributed by atoms with E-state index >= 15 is 0 Å². The summed E-state index contributed by atoms with van der Waals surface area (Å²) in [6, 6.07) is 10.3. The normalized spacial score (nSPS) is 19.6. The summed E-state index contributed by atoms with van der Waals surface area (Å²) in [6.07, 6.45) is 4.83. The molecule has 2 fully saturated rings. The Labute approximate surface area is 154 Å². The fraction of sp³-hybridized carbons (Fsp3) is 0.526. The minimum Gasteiger partial charge on any atom is -0.356 e. The predicted octanol–water partition coefficient (Wildman–Crippen LogP) is 1.22. The molecule has 0 radical (unpaired) electrons. The van der Waals surface area contributed by atoms with Gasteiger partial charge in [0.2, 0.25) is 5.91 Å². The molecule has 1 saturated heterocycles. The number of nitrogens with zero attached hydrogens (tertiary/aromatic N) is 2. The van der Waals surface area contributed by atoms with Crippen molar-refractivity contribution in [3.05, 3.63) is 35.9 Å². The molecule has 3 N–H and O–H groups in total. The molecule has 26 heavy (non-hydrogen) atoms. The van der Waals surface area contributed by atoms with Gasteiger partial charge in [-0.15, -0.1) is 0 Å². The van der Waals surface area contributed by atoms with E-state index in [2.05, 4.69) is 51.3 Å². The molecule has 1 saturated carbocycles. The van der Waals surface area contributed by atoms with Gasteiger partial charge in [-0.25, -0.2) is 4.79 Å². The lowest BCUT2D eigenvalue weighted by atomic mass is 9.79. The Hall–Kier alpha value is -2.57. The monoisotopic (exact) mass is 357 g/mol. The molecule has 0 aromatic heterocycles. The SMILES string of the molecule is CN=C(NCCN1C(=O)CNC1=O)NCC1(c2ccccc2)CCCC1. The van der Waals surface area contributed by atoms with Gasteiger partial charge in [-0.2, -0.15) is 0 Å². The third kappa shape index (κ3) is 3.98. The van der Waals surface area contributed by atoms with E-state index in [9.17, 15) is 9.59 Å². The summed E-state index contributed by atoms with van der Waals surface area (Å²) in [5.74, 6) is 0.507. The number of carbonyl (C=O) groups is 2. The Morgan fingerprint density at radius 1 is 1.19 bits per heavy atom. The fourth-order valence-corrected chi connectivity index (χ4v) is 3.85. The van der Waals surface area contributed by atoms with Crippen LogP contribution in [-0.2, 0) is 10.2 Å². The number of hydrogen-bond acceptors (Lipinski definition) is 3. The molecular weight excluding hydrogens is 330 g/mol. The molecule has 140 valence electrons. The van der Waals surface area contributed by atoms with Crippen molar-refractivity contribution in [1.29, 1.82) is 0 Å². The largest absolute Gasteiger partial charge is 0.356 e. The van der Waals surface area contributed by atoms with Gasteiger partial charge in [0.1, 0.15) is 0 Å². The molecule has 1 aliphatic carbocycles. The molecule has 0 unspecified atom stereocenters. The highest BCUT2D eigenvalue weighted by Gasteiger charge is 2.35. The molecule has 1 aliphatic heterocycles. The van der Waals surface area contributed by atoms with Crippen molar-refractivity contribution in [2.24, 2.45) is 4.99 Å². The van der Waals surface area contributed by atoms with Crippen LogP contribution in [0.2, 0.25) is 0 Å². The van der Waals surface area contributed by atoms with E-state index in [-0.39, 0.29) is 23.9 Å². The Morgan fingerprint density at radius 2 is 1.92 bits per heavy atom. The number of amides is 3. The summed E-state index contributed by atoms with van der Waals surface area (Å²) in [5.41, 5.74) is 1.52. The number of imide groups is 1. The lowest BCUT2D eigenvalue weighted by Crippen LogP contribution is -2.47. The van der Waals surface area contributed by atoms with E-state index in [1.54, 1.807) is 7.05 Å². The number of rotatable bonds is 6. The first-order valence-electron chi connectivity index (χ1n) is 9.23. The van der Waals surface area contributed by atoms with Crippen LogP contribution in [0.25, 0.3) is 0 Å². The standard InChI is InChI=1S/C19H27N5O2/c1-20-17(21-11-12-24-16(25)13-22-18(24)26)23-14-19(9-5-6-10-19)15-7-3-2-4-8-15/h2-4,7-8H,5-6,9-14H2,1H3,(H,22,26)(H2,20,21,23). The predicted molar refractivity (Wildman–Crippen MR) is 101 cm³/mol. The van der Waals surface area contributed by atoms with Gasteiger partial charge in [0.15, 0.2) is 5.96 Å². The van der Waals surface area contributed by atoms with Gasteiger partial charge in [-0.05, 0) is 18.4 Å². The van der Waals surface area contributed by atoms with E-state index in [1.807, 2.05) is 0 Å². The lowest BCUT2D eigenvalue weighted by molar-refractivity contribution is -0.124. The summed E-state index contributed by atoms with van der Waals surface area (Å²) >= 11 is 0. The molecule has 2 aliphatic rings. The molecule has 3 amide bonds. The van der Waals surface area contributed by atoms with Crippen molar-refractivity contribution in [1.82, 2.24) is 20.9 Å². The molecule has 3 rings (SSSR count). The maximum absolute atomic E-state index is 11.6. The van der Waals surface area contributed by atoms with Crippen LogP contribution in [0.15, 0.2) is 35.3 Å². The topological polar surface area (TPSA) is 85.8 Å². The van der Waals surface area contributed by atoms with Gasteiger partial charge >= 0.3 is 6.03 Å². The van der Waals surface area contributed by atoms with E-state index in [0.29, 0.717) is 19.0 Å². The molecule has 1 heterocycles. The average molecular weight is 357 g/mol. The van der Waals surface area contributed by atoms with Crippen LogP contribution in [0.5, 0.6) is 0 Å². The van der Waals surface area contributed by atoms with Gasteiger partial charge in [0.25, 0.3) is 0 Å². The van der Waals surface area contributed by atoms with E-state index in [1.165, 1.54) is 36.1 Å². The summed E-state index contributed by atoms with van der Waals surface area (Å²) in [4.78, 5) is 28.6.